The third-order valence-corrected chi connectivity index (χ3v) is 7.62. The summed E-state index contributed by atoms with van der Waals surface area (Å²) in [4.78, 5) is 2.55. The molecule has 0 aromatic heterocycles. The van der Waals surface area contributed by atoms with E-state index in [9.17, 15) is 8.42 Å². The van der Waals surface area contributed by atoms with E-state index in [0.717, 1.165) is 44.7 Å². The quantitative estimate of drug-likeness (QED) is 0.695. The molecule has 2 aliphatic heterocycles. The zero-order valence-electron chi connectivity index (χ0n) is 18.1. The molecule has 0 bridgehead atoms. The van der Waals surface area contributed by atoms with E-state index in [2.05, 4.69) is 50.8 Å². The van der Waals surface area contributed by atoms with Gasteiger partial charge in [-0.2, -0.15) is 0 Å². The van der Waals surface area contributed by atoms with Crippen molar-refractivity contribution in [2.24, 2.45) is 5.92 Å². The Labute approximate surface area is 171 Å². The molecule has 0 amide bonds. The number of hydrogen-bond acceptors (Lipinski definition) is 4. The first-order valence-electron chi connectivity index (χ1n) is 10.5. The van der Waals surface area contributed by atoms with Gasteiger partial charge in [-0.3, -0.25) is 0 Å². The number of benzene rings is 1. The van der Waals surface area contributed by atoms with Crippen LogP contribution in [0, 0.1) is 5.92 Å². The van der Waals surface area contributed by atoms with Crippen molar-refractivity contribution >= 4 is 10.0 Å². The van der Waals surface area contributed by atoms with Gasteiger partial charge in [0.25, 0.3) is 0 Å². The van der Waals surface area contributed by atoms with Crippen molar-refractivity contribution in [1.29, 1.82) is 0 Å². The van der Waals surface area contributed by atoms with Crippen molar-refractivity contribution in [2.75, 3.05) is 39.0 Å². The Balaban J connectivity index is 1.56. The van der Waals surface area contributed by atoms with Gasteiger partial charge in [0.2, 0.25) is 10.0 Å². The maximum atomic E-state index is 11.7. The standard InChI is InChI=1S/C22H36N2O3S/c1-17(2)23(15-19-9-12-24(13-10-19)28(5,25)26)11-8-18-6-7-21-20(14-18)22(3,4)16-27-21/h6-7,14,17,19H,8-13,15-16H2,1-5H3. The van der Waals surface area contributed by atoms with Gasteiger partial charge < -0.3 is 9.64 Å². The molecule has 2 aliphatic rings. The van der Waals surface area contributed by atoms with Crippen molar-refractivity contribution in [2.45, 2.75) is 58.4 Å². The van der Waals surface area contributed by atoms with Crippen LogP contribution in [-0.4, -0.2) is 62.7 Å². The summed E-state index contributed by atoms with van der Waals surface area (Å²) in [5.41, 5.74) is 2.79. The molecule has 0 radical (unpaired) electrons. The summed E-state index contributed by atoms with van der Waals surface area (Å²) in [6.45, 7) is 13.2. The maximum Gasteiger partial charge on any atom is 0.211 e. The lowest BCUT2D eigenvalue weighted by Gasteiger charge is -2.35. The van der Waals surface area contributed by atoms with Crippen LogP contribution in [0.4, 0.5) is 0 Å². The number of sulfonamides is 1. The molecule has 0 N–H and O–H groups in total. The van der Waals surface area contributed by atoms with Crippen LogP contribution in [0.15, 0.2) is 18.2 Å². The molecule has 0 atom stereocenters. The van der Waals surface area contributed by atoms with Gasteiger partial charge in [-0.05, 0) is 50.7 Å². The molecule has 0 unspecified atom stereocenters. The predicted octanol–water partition coefficient (Wildman–Crippen LogP) is 3.28. The first-order chi connectivity index (χ1) is 13.1. The van der Waals surface area contributed by atoms with Gasteiger partial charge in [0.1, 0.15) is 5.75 Å². The topological polar surface area (TPSA) is 49.9 Å². The third kappa shape index (κ3) is 5.08. The van der Waals surface area contributed by atoms with Crippen molar-refractivity contribution in [3.63, 3.8) is 0 Å². The molecule has 158 valence electrons. The van der Waals surface area contributed by atoms with Gasteiger partial charge >= 0.3 is 0 Å². The van der Waals surface area contributed by atoms with Gasteiger partial charge in [-0.1, -0.05) is 26.0 Å². The fourth-order valence-electron chi connectivity index (χ4n) is 4.31. The monoisotopic (exact) mass is 408 g/mol. The fourth-order valence-corrected chi connectivity index (χ4v) is 5.19. The van der Waals surface area contributed by atoms with Crippen LogP contribution in [0.25, 0.3) is 0 Å². The van der Waals surface area contributed by atoms with Crippen LogP contribution in [0.5, 0.6) is 5.75 Å². The highest BCUT2D eigenvalue weighted by molar-refractivity contribution is 7.88. The van der Waals surface area contributed by atoms with E-state index < -0.39 is 10.0 Å². The molecule has 1 saturated heterocycles. The molecular weight excluding hydrogens is 372 g/mol. The Morgan fingerprint density at radius 1 is 1.25 bits per heavy atom. The molecule has 2 heterocycles. The van der Waals surface area contributed by atoms with Crippen LogP contribution in [0.3, 0.4) is 0 Å². The molecule has 3 rings (SSSR count). The van der Waals surface area contributed by atoms with Crippen LogP contribution >= 0.6 is 0 Å². The van der Waals surface area contributed by atoms with Crippen LogP contribution < -0.4 is 4.74 Å². The minimum atomic E-state index is -3.05. The Morgan fingerprint density at radius 3 is 2.54 bits per heavy atom. The highest BCUT2D eigenvalue weighted by atomic mass is 32.2. The maximum absolute atomic E-state index is 11.7. The van der Waals surface area contributed by atoms with Crippen LogP contribution in [-0.2, 0) is 21.9 Å². The second-order valence-electron chi connectivity index (χ2n) is 9.45. The van der Waals surface area contributed by atoms with E-state index in [0.29, 0.717) is 25.0 Å². The van der Waals surface area contributed by atoms with Crippen molar-refractivity contribution < 1.29 is 13.2 Å². The largest absolute Gasteiger partial charge is 0.492 e. The third-order valence-electron chi connectivity index (χ3n) is 6.31. The number of rotatable bonds is 7. The Kier molecular flexibility index (Phi) is 6.42. The van der Waals surface area contributed by atoms with Crippen molar-refractivity contribution in [3.05, 3.63) is 29.3 Å². The smallest absolute Gasteiger partial charge is 0.211 e. The van der Waals surface area contributed by atoms with E-state index in [1.165, 1.54) is 17.4 Å². The van der Waals surface area contributed by atoms with Crippen molar-refractivity contribution in [3.8, 4) is 5.75 Å². The first-order valence-corrected chi connectivity index (χ1v) is 12.4. The molecule has 1 aromatic carbocycles. The SMILES string of the molecule is CC(C)N(CCc1ccc2c(c1)C(C)(C)CO2)CC1CCN(S(C)(=O)=O)CC1. The lowest BCUT2D eigenvalue weighted by Crippen LogP contribution is -2.43. The average molecular weight is 409 g/mol. The van der Waals surface area contributed by atoms with Crippen LogP contribution in [0.1, 0.15) is 51.7 Å². The van der Waals surface area contributed by atoms with Gasteiger partial charge in [0.05, 0.1) is 12.9 Å². The van der Waals surface area contributed by atoms with E-state index in [1.807, 2.05) is 0 Å². The molecule has 0 saturated carbocycles. The molecule has 0 spiro atoms. The highest BCUT2D eigenvalue weighted by Gasteiger charge is 2.32. The summed E-state index contributed by atoms with van der Waals surface area (Å²) in [6.07, 6.45) is 4.27. The second-order valence-corrected chi connectivity index (χ2v) is 11.4. The lowest BCUT2D eigenvalue weighted by atomic mass is 9.86. The predicted molar refractivity (Wildman–Crippen MR) is 115 cm³/mol. The summed E-state index contributed by atoms with van der Waals surface area (Å²) in [5, 5.41) is 0. The Morgan fingerprint density at radius 2 is 1.93 bits per heavy atom. The molecule has 0 aliphatic carbocycles. The number of piperidine rings is 1. The normalized spacial score (nSPS) is 20.5. The number of hydrogen-bond donors (Lipinski definition) is 0. The lowest BCUT2D eigenvalue weighted by molar-refractivity contribution is 0.155. The number of nitrogens with zero attached hydrogens (tertiary/aromatic N) is 2. The fraction of sp³-hybridized carbons (Fsp3) is 0.727. The number of ether oxygens (including phenoxy) is 1. The van der Waals surface area contributed by atoms with Gasteiger partial charge in [-0.15, -0.1) is 0 Å². The summed E-state index contributed by atoms with van der Waals surface area (Å²) in [7, 11) is -3.05. The summed E-state index contributed by atoms with van der Waals surface area (Å²) < 4.78 is 30.9. The van der Waals surface area contributed by atoms with Gasteiger partial charge in [0, 0.05) is 43.2 Å². The number of fused-ring (bicyclic) bond motifs is 1. The summed E-state index contributed by atoms with van der Waals surface area (Å²) in [5.74, 6) is 1.61. The zero-order chi connectivity index (χ0) is 20.5. The van der Waals surface area contributed by atoms with Gasteiger partial charge in [-0.25, -0.2) is 12.7 Å². The molecule has 1 fully saturated rings. The summed E-state index contributed by atoms with van der Waals surface area (Å²) in [6, 6.07) is 7.14. The molecule has 28 heavy (non-hydrogen) atoms. The van der Waals surface area contributed by atoms with E-state index in [1.54, 1.807) is 4.31 Å². The molecule has 5 nitrogen and oxygen atoms in total. The minimum Gasteiger partial charge on any atom is -0.492 e. The first kappa shape index (κ1) is 21.6. The molecular formula is C22H36N2O3S. The Hall–Kier alpha value is -1.11. The minimum absolute atomic E-state index is 0.0939. The van der Waals surface area contributed by atoms with E-state index >= 15 is 0 Å². The highest BCUT2D eigenvalue weighted by Crippen LogP contribution is 2.38. The molecule has 6 heteroatoms. The second kappa shape index (κ2) is 8.33. The summed E-state index contributed by atoms with van der Waals surface area (Å²) >= 11 is 0. The zero-order valence-corrected chi connectivity index (χ0v) is 18.9. The van der Waals surface area contributed by atoms with E-state index in [4.69, 9.17) is 4.74 Å². The van der Waals surface area contributed by atoms with E-state index in [-0.39, 0.29) is 5.41 Å². The molecule has 1 aromatic rings. The van der Waals surface area contributed by atoms with Crippen molar-refractivity contribution in [1.82, 2.24) is 9.21 Å². The Bertz CT molecular complexity index is 781. The van der Waals surface area contributed by atoms with Crippen LogP contribution in [0.2, 0.25) is 0 Å². The average Bonchev–Trinajstić information content (AvgIpc) is 2.92. The van der Waals surface area contributed by atoms with Gasteiger partial charge in [0.15, 0.2) is 0 Å².